The van der Waals surface area contributed by atoms with E-state index in [9.17, 15) is 8.42 Å². The second kappa shape index (κ2) is 4.54. The van der Waals surface area contributed by atoms with Crippen LogP contribution in [-0.4, -0.2) is 14.2 Å². The van der Waals surface area contributed by atoms with Gasteiger partial charge >= 0.3 is 0 Å². The summed E-state index contributed by atoms with van der Waals surface area (Å²) in [5.41, 5.74) is 1.03. The Balaban J connectivity index is 2.94. The predicted octanol–water partition coefficient (Wildman–Crippen LogP) is 2.05. The molecule has 1 aromatic rings. The van der Waals surface area contributed by atoms with Crippen molar-refractivity contribution < 1.29 is 8.42 Å². The maximum absolute atomic E-state index is 11.6. The largest absolute Gasteiger partial charge is 0.230 e. The molecule has 0 N–H and O–H groups in total. The van der Waals surface area contributed by atoms with E-state index in [1.165, 1.54) is 0 Å². The molecule has 1 aromatic carbocycles. The average Bonchev–Trinajstić information content (AvgIpc) is 2.16. The van der Waals surface area contributed by atoms with Crippen LogP contribution in [0.15, 0.2) is 29.2 Å². The monoisotopic (exact) mass is 226 g/mol. The SMILES string of the molecule is C#CCSS(=O)(=O)c1ccc(C)cc1. The van der Waals surface area contributed by atoms with E-state index < -0.39 is 8.87 Å². The van der Waals surface area contributed by atoms with Crippen molar-refractivity contribution in [2.75, 3.05) is 5.75 Å². The van der Waals surface area contributed by atoms with Crippen LogP contribution in [0.25, 0.3) is 0 Å². The van der Waals surface area contributed by atoms with Gasteiger partial charge in [0.05, 0.1) is 10.6 Å². The van der Waals surface area contributed by atoms with Gasteiger partial charge in [-0.1, -0.05) is 23.6 Å². The quantitative estimate of drug-likeness (QED) is 0.584. The van der Waals surface area contributed by atoms with Crippen LogP contribution in [0.5, 0.6) is 0 Å². The molecule has 0 unspecified atom stereocenters. The van der Waals surface area contributed by atoms with Crippen molar-refractivity contribution >= 4 is 19.7 Å². The highest BCUT2D eigenvalue weighted by Crippen LogP contribution is 2.22. The molecule has 0 saturated carbocycles. The lowest BCUT2D eigenvalue weighted by atomic mass is 10.2. The Morgan fingerprint density at radius 2 is 1.93 bits per heavy atom. The van der Waals surface area contributed by atoms with E-state index in [2.05, 4.69) is 5.92 Å². The zero-order valence-electron chi connectivity index (χ0n) is 7.73. The standard InChI is InChI=1S/C10H10O2S2/c1-3-8-13-14(11,12)10-6-4-9(2)5-7-10/h1,4-7H,8H2,2H3. The van der Waals surface area contributed by atoms with E-state index in [1.54, 1.807) is 24.3 Å². The van der Waals surface area contributed by atoms with Gasteiger partial charge in [0.15, 0.2) is 0 Å². The maximum Gasteiger partial charge on any atom is 0.230 e. The molecule has 0 fully saturated rings. The van der Waals surface area contributed by atoms with Gasteiger partial charge in [-0.2, -0.15) is 0 Å². The number of terminal acetylenes is 1. The van der Waals surface area contributed by atoms with Crippen molar-refractivity contribution in [3.8, 4) is 12.3 Å². The Morgan fingerprint density at radius 1 is 1.36 bits per heavy atom. The maximum atomic E-state index is 11.6. The van der Waals surface area contributed by atoms with Gasteiger partial charge < -0.3 is 0 Å². The minimum Gasteiger partial charge on any atom is -0.212 e. The minimum atomic E-state index is -3.27. The molecule has 0 bridgehead atoms. The second-order valence-corrected chi connectivity index (χ2v) is 6.66. The molecule has 0 heterocycles. The Morgan fingerprint density at radius 3 is 2.43 bits per heavy atom. The van der Waals surface area contributed by atoms with Crippen molar-refractivity contribution in [3.05, 3.63) is 29.8 Å². The molecule has 2 nitrogen and oxygen atoms in total. The summed E-state index contributed by atoms with van der Waals surface area (Å²) in [6.45, 7) is 1.91. The number of hydrogen-bond acceptors (Lipinski definition) is 3. The van der Waals surface area contributed by atoms with Crippen LogP contribution in [0.4, 0.5) is 0 Å². The lowest BCUT2D eigenvalue weighted by molar-refractivity contribution is 0.610. The first-order valence-corrected chi connectivity index (χ1v) is 6.94. The van der Waals surface area contributed by atoms with Crippen LogP contribution in [0.2, 0.25) is 0 Å². The van der Waals surface area contributed by atoms with E-state index in [-0.39, 0.29) is 5.75 Å². The Bertz CT molecular complexity index is 438. The molecule has 14 heavy (non-hydrogen) atoms. The van der Waals surface area contributed by atoms with Gasteiger partial charge in [0, 0.05) is 0 Å². The summed E-state index contributed by atoms with van der Waals surface area (Å²) in [6.07, 6.45) is 5.00. The number of aryl methyl sites for hydroxylation is 1. The fourth-order valence-electron chi connectivity index (χ4n) is 0.885. The summed E-state index contributed by atoms with van der Waals surface area (Å²) in [7, 11) is -2.49. The Labute approximate surface area is 88.0 Å². The van der Waals surface area contributed by atoms with Gasteiger partial charge in [-0.15, -0.1) is 6.42 Å². The molecule has 0 radical (unpaired) electrons. The third-order valence-electron chi connectivity index (χ3n) is 1.61. The highest BCUT2D eigenvalue weighted by Gasteiger charge is 2.13. The first-order chi connectivity index (χ1) is 6.56. The summed E-state index contributed by atoms with van der Waals surface area (Å²) >= 11 is 0. The van der Waals surface area contributed by atoms with Crippen molar-refractivity contribution in [3.63, 3.8) is 0 Å². The molecule has 4 heteroatoms. The zero-order chi connectivity index (χ0) is 10.6. The molecule has 0 saturated heterocycles. The lowest BCUT2D eigenvalue weighted by Gasteiger charge is -2.01. The van der Waals surface area contributed by atoms with Crippen LogP contribution in [0, 0.1) is 19.3 Å². The van der Waals surface area contributed by atoms with E-state index in [0.29, 0.717) is 4.90 Å². The smallest absolute Gasteiger partial charge is 0.212 e. The third-order valence-corrected chi connectivity index (χ3v) is 4.91. The summed E-state index contributed by atoms with van der Waals surface area (Å²) in [5.74, 6) is 2.47. The molecular weight excluding hydrogens is 216 g/mol. The molecular formula is C10H10O2S2. The lowest BCUT2D eigenvalue weighted by Crippen LogP contribution is -1.95. The number of benzene rings is 1. The van der Waals surface area contributed by atoms with Crippen molar-refractivity contribution in [2.45, 2.75) is 11.8 Å². The second-order valence-electron chi connectivity index (χ2n) is 2.73. The van der Waals surface area contributed by atoms with Crippen LogP contribution >= 0.6 is 10.8 Å². The van der Waals surface area contributed by atoms with Crippen LogP contribution in [0.1, 0.15) is 5.56 Å². The Hall–Kier alpha value is -0.920. The highest BCUT2D eigenvalue weighted by molar-refractivity contribution is 8.72. The highest BCUT2D eigenvalue weighted by atomic mass is 33.1. The van der Waals surface area contributed by atoms with Crippen LogP contribution in [-0.2, 0) is 8.87 Å². The van der Waals surface area contributed by atoms with Gasteiger partial charge in [-0.3, -0.25) is 0 Å². The van der Waals surface area contributed by atoms with Gasteiger partial charge in [-0.25, -0.2) is 8.42 Å². The van der Waals surface area contributed by atoms with Crippen molar-refractivity contribution in [1.29, 1.82) is 0 Å². The first kappa shape index (κ1) is 11.2. The van der Waals surface area contributed by atoms with E-state index in [1.807, 2.05) is 6.92 Å². The minimum absolute atomic E-state index is 0.177. The molecule has 0 aliphatic rings. The van der Waals surface area contributed by atoms with Crippen LogP contribution < -0.4 is 0 Å². The molecule has 74 valence electrons. The number of hydrogen-bond donors (Lipinski definition) is 0. The van der Waals surface area contributed by atoms with E-state index in [4.69, 9.17) is 6.42 Å². The Kier molecular flexibility index (Phi) is 3.62. The summed E-state index contributed by atoms with van der Waals surface area (Å²) in [5, 5.41) is 0. The molecule has 0 amide bonds. The third kappa shape index (κ3) is 2.79. The molecule has 0 aliphatic heterocycles. The van der Waals surface area contributed by atoms with Gasteiger partial charge in [0.25, 0.3) is 0 Å². The van der Waals surface area contributed by atoms with Gasteiger partial charge in [0.2, 0.25) is 8.87 Å². The van der Waals surface area contributed by atoms with E-state index in [0.717, 1.165) is 16.4 Å². The van der Waals surface area contributed by atoms with E-state index >= 15 is 0 Å². The normalized spacial score (nSPS) is 10.9. The predicted molar refractivity (Wildman–Crippen MR) is 59.7 cm³/mol. The van der Waals surface area contributed by atoms with Gasteiger partial charge in [0.1, 0.15) is 0 Å². The molecule has 1 rings (SSSR count). The number of rotatable bonds is 3. The molecule has 0 spiro atoms. The van der Waals surface area contributed by atoms with Crippen molar-refractivity contribution in [2.24, 2.45) is 0 Å². The molecule has 0 atom stereocenters. The zero-order valence-corrected chi connectivity index (χ0v) is 9.36. The summed E-state index contributed by atoms with van der Waals surface area (Å²) in [6, 6.07) is 6.72. The van der Waals surface area contributed by atoms with Gasteiger partial charge in [-0.05, 0) is 29.9 Å². The summed E-state index contributed by atoms with van der Waals surface area (Å²) in [4.78, 5) is 0.309. The molecule has 0 aliphatic carbocycles. The first-order valence-electron chi connectivity index (χ1n) is 3.96. The van der Waals surface area contributed by atoms with Crippen LogP contribution in [0.3, 0.4) is 0 Å². The summed E-state index contributed by atoms with van der Waals surface area (Å²) < 4.78 is 23.1. The average molecular weight is 226 g/mol. The van der Waals surface area contributed by atoms with Crippen molar-refractivity contribution in [1.82, 2.24) is 0 Å². The topological polar surface area (TPSA) is 34.1 Å². The fraction of sp³-hybridized carbons (Fsp3) is 0.200. The molecule has 0 aromatic heterocycles. The fourth-order valence-corrected chi connectivity index (χ4v) is 3.12.